The van der Waals surface area contributed by atoms with Gasteiger partial charge in [-0.05, 0) is 30.0 Å². The molecule has 4 nitrogen and oxygen atoms in total. The third kappa shape index (κ3) is 5.29. The summed E-state index contributed by atoms with van der Waals surface area (Å²) < 4.78 is 0. The van der Waals surface area contributed by atoms with Crippen molar-refractivity contribution < 1.29 is 15.0 Å². The zero-order valence-electron chi connectivity index (χ0n) is 15.0. The van der Waals surface area contributed by atoms with Crippen molar-refractivity contribution in [2.45, 2.75) is 45.4 Å². The van der Waals surface area contributed by atoms with Gasteiger partial charge in [0.1, 0.15) is 16.3 Å². The standard InChI is InChI=1S/C20H25NO3S2/c1-2-3-4-5-6-7-13-21(19(25)17-12-9-14-26-17)15-10-8-11-16(22)18(15)20(23)24/h8-12,14,22H,2-7,13H2,1H3,(H,23,24). The first kappa shape index (κ1) is 20.4. The van der Waals surface area contributed by atoms with Gasteiger partial charge in [-0.2, -0.15) is 0 Å². The van der Waals surface area contributed by atoms with E-state index in [-0.39, 0.29) is 11.3 Å². The van der Waals surface area contributed by atoms with Crippen LogP contribution < -0.4 is 4.90 Å². The quantitative estimate of drug-likeness (QED) is 0.402. The highest BCUT2D eigenvalue weighted by atomic mass is 32.1. The molecule has 1 aromatic carbocycles. The molecule has 1 heterocycles. The number of carboxylic acid groups (broad SMARTS) is 1. The number of aromatic hydroxyl groups is 1. The number of hydrogen-bond acceptors (Lipinski definition) is 4. The second-order valence-corrected chi connectivity index (χ2v) is 7.51. The maximum Gasteiger partial charge on any atom is 0.341 e. The number of anilines is 1. The Balaban J connectivity index is 2.23. The number of unbranched alkanes of at least 4 members (excludes halogenated alkanes) is 5. The maximum absolute atomic E-state index is 11.7. The third-order valence-corrected chi connectivity index (χ3v) is 5.68. The van der Waals surface area contributed by atoms with Gasteiger partial charge < -0.3 is 15.1 Å². The molecule has 0 amide bonds. The van der Waals surface area contributed by atoms with Crippen molar-refractivity contribution in [2.75, 3.05) is 11.4 Å². The van der Waals surface area contributed by atoms with Crippen molar-refractivity contribution >= 4 is 40.2 Å². The van der Waals surface area contributed by atoms with Gasteiger partial charge in [-0.1, -0.05) is 63.4 Å². The van der Waals surface area contributed by atoms with Crippen LogP contribution in [-0.2, 0) is 0 Å². The molecule has 26 heavy (non-hydrogen) atoms. The Morgan fingerprint density at radius 1 is 1.12 bits per heavy atom. The smallest absolute Gasteiger partial charge is 0.341 e. The topological polar surface area (TPSA) is 60.8 Å². The molecule has 0 aliphatic rings. The van der Waals surface area contributed by atoms with E-state index < -0.39 is 5.97 Å². The molecule has 6 heteroatoms. The Bertz CT molecular complexity index is 729. The molecule has 0 saturated carbocycles. The molecule has 0 fully saturated rings. The van der Waals surface area contributed by atoms with Gasteiger partial charge in [0, 0.05) is 6.54 Å². The van der Waals surface area contributed by atoms with Gasteiger partial charge in [0.05, 0.1) is 10.6 Å². The van der Waals surface area contributed by atoms with Crippen LogP contribution >= 0.6 is 23.6 Å². The first-order valence-corrected chi connectivity index (χ1v) is 10.3. The monoisotopic (exact) mass is 391 g/mol. The highest BCUT2D eigenvalue weighted by molar-refractivity contribution is 7.81. The number of phenols is 1. The molecule has 0 saturated heterocycles. The summed E-state index contributed by atoms with van der Waals surface area (Å²) in [5, 5.41) is 21.5. The van der Waals surface area contributed by atoms with Crippen molar-refractivity contribution in [1.82, 2.24) is 0 Å². The number of thiophene rings is 1. The summed E-state index contributed by atoms with van der Waals surface area (Å²) in [4.78, 5) is 15.0. The Morgan fingerprint density at radius 2 is 1.85 bits per heavy atom. The predicted molar refractivity (Wildman–Crippen MR) is 112 cm³/mol. The molecule has 140 valence electrons. The fraction of sp³-hybridized carbons (Fsp3) is 0.400. The van der Waals surface area contributed by atoms with Gasteiger partial charge in [0.25, 0.3) is 0 Å². The van der Waals surface area contributed by atoms with Gasteiger partial charge in [-0.3, -0.25) is 0 Å². The zero-order valence-corrected chi connectivity index (χ0v) is 16.6. The number of benzene rings is 1. The van der Waals surface area contributed by atoms with Crippen LogP contribution in [0.4, 0.5) is 5.69 Å². The Kier molecular flexibility index (Phi) is 8.06. The summed E-state index contributed by atoms with van der Waals surface area (Å²) in [6.45, 7) is 2.82. The summed E-state index contributed by atoms with van der Waals surface area (Å²) in [5.74, 6) is -1.39. The molecule has 0 atom stereocenters. The number of hydrogen-bond donors (Lipinski definition) is 2. The van der Waals surface area contributed by atoms with Crippen molar-refractivity contribution in [3.63, 3.8) is 0 Å². The molecule has 2 aromatic rings. The number of carboxylic acids is 1. The van der Waals surface area contributed by atoms with Crippen LogP contribution in [0, 0.1) is 0 Å². The van der Waals surface area contributed by atoms with E-state index in [4.69, 9.17) is 12.2 Å². The van der Waals surface area contributed by atoms with Gasteiger partial charge >= 0.3 is 5.97 Å². The third-order valence-electron chi connectivity index (χ3n) is 4.24. The van der Waals surface area contributed by atoms with E-state index in [0.29, 0.717) is 17.2 Å². The first-order valence-electron chi connectivity index (χ1n) is 8.97. The molecule has 0 unspecified atom stereocenters. The summed E-state index contributed by atoms with van der Waals surface area (Å²) >= 11 is 7.18. The minimum atomic E-state index is -1.15. The maximum atomic E-state index is 11.7. The summed E-state index contributed by atoms with van der Waals surface area (Å²) in [6.07, 6.45) is 6.83. The lowest BCUT2D eigenvalue weighted by Gasteiger charge is -2.26. The SMILES string of the molecule is CCCCCCCCN(C(=S)c1cccs1)c1cccc(O)c1C(=O)O. The lowest BCUT2D eigenvalue weighted by Crippen LogP contribution is -2.32. The van der Waals surface area contributed by atoms with Crippen LogP contribution in [0.3, 0.4) is 0 Å². The van der Waals surface area contributed by atoms with Gasteiger partial charge in [0.2, 0.25) is 0 Å². The van der Waals surface area contributed by atoms with Crippen molar-refractivity contribution in [1.29, 1.82) is 0 Å². The van der Waals surface area contributed by atoms with E-state index in [1.807, 2.05) is 22.4 Å². The van der Waals surface area contributed by atoms with E-state index in [1.165, 1.54) is 43.1 Å². The average Bonchev–Trinajstić information content (AvgIpc) is 3.15. The molecule has 0 radical (unpaired) electrons. The second-order valence-electron chi connectivity index (χ2n) is 6.18. The largest absolute Gasteiger partial charge is 0.507 e. The van der Waals surface area contributed by atoms with Crippen LogP contribution in [0.15, 0.2) is 35.7 Å². The predicted octanol–water partition coefficient (Wildman–Crippen LogP) is 5.69. The summed E-state index contributed by atoms with van der Waals surface area (Å²) in [5.41, 5.74) is 0.349. The van der Waals surface area contributed by atoms with Crippen molar-refractivity contribution in [3.8, 4) is 5.75 Å². The number of rotatable bonds is 10. The molecular weight excluding hydrogens is 366 g/mol. The lowest BCUT2D eigenvalue weighted by atomic mass is 10.1. The van der Waals surface area contributed by atoms with Crippen molar-refractivity contribution in [2.24, 2.45) is 0 Å². The van der Waals surface area contributed by atoms with Gasteiger partial charge in [-0.25, -0.2) is 4.79 Å². The normalized spacial score (nSPS) is 10.7. The van der Waals surface area contributed by atoms with Crippen LogP contribution in [0.5, 0.6) is 5.75 Å². The highest BCUT2D eigenvalue weighted by Crippen LogP contribution is 2.31. The van der Waals surface area contributed by atoms with E-state index in [2.05, 4.69) is 6.92 Å². The summed E-state index contributed by atoms with van der Waals surface area (Å²) in [7, 11) is 0. The van der Waals surface area contributed by atoms with E-state index in [9.17, 15) is 15.0 Å². The fourth-order valence-electron chi connectivity index (χ4n) is 2.89. The van der Waals surface area contributed by atoms with E-state index >= 15 is 0 Å². The molecular formula is C20H25NO3S2. The Labute approximate surface area is 164 Å². The summed E-state index contributed by atoms with van der Waals surface area (Å²) in [6, 6.07) is 8.62. The Morgan fingerprint density at radius 3 is 2.50 bits per heavy atom. The van der Waals surface area contributed by atoms with E-state index in [1.54, 1.807) is 12.1 Å². The fourth-order valence-corrected chi connectivity index (χ4v) is 3.96. The minimum absolute atomic E-state index is 0.0996. The van der Waals surface area contributed by atoms with Crippen LogP contribution in [-0.4, -0.2) is 27.7 Å². The van der Waals surface area contributed by atoms with Crippen LogP contribution in [0.25, 0.3) is 0 Å². The van der Waals surface area contributed by atoms with Crippen molar-refractivity contribution in [3.05, 3.63) is 46.2 Å². The zero-order chi connectivity index (χ0) is 18.9. The second kappa shape index (κ2) is 10.3. The van der Waals surface area contributed by atoms with Gasteiger partial charge in [0.15, 0.2) is 0 Å². The molecule has 0 aliphatic carbocycles. The molecule has 0 spiro atoms. The molecule has 0 bridgehead atoms. The average molecular weight is 392 g/mol. The molecule has 0 aliphatic heterocycles. The van der Waals surface area contributed by atoms with E-state index in [0.717, 1.165) is 17.7 Å². The molecule has 2 rings (SSSR count). The number of carbonyl (C=O) groups is 1. The first-order chi connectivity index (χ1) is 12.6. The lowest BCUT2D eigenvalue weighted by molar-refractivity contribution is 0.0694. The number of aromatic carboxylic acids is 1. The molecule has 2 N–H and O–H groups in total. The molecule has 1 aromatic heterocycles. The van der Waals surface area contributed by atoms with Crippen LogP contribution in [0.1, 0.15) is 60.7 Å². The highest BCUT2D eigenvalue weighted by Gasteiger charge is 2.23. The number of thiocarbonyl (C=S) groups is 1. The number of nitrogens with zero attached hydrogens (tertiary/aromatic N) is 1. The minimum Gasteiger partial charge on any atom is -0.507 e. The Hall–Kier alpha value is -1.92. The van der Waals surface area contributed by atoms with Gasteiger partial charge in [-0.15, -0.1) is 11.3 Å². The van der Waals surface area contributed by atoms with Crippen LogP contribution in [0.2, 0.25) is 0 Å².